The van der Waals surface area contributed by atoms with E-state index >= 15 is 0 Å². The molecule has 0 radical (unpaired) electrons. The fourth-order valence-electron chi connectivity index (χ4n) is 1.54. The quantitative estimate of drug-likeness (QED) is 0.780. The van der Waals surface area contributed by atoms with Gasteiger partial charge < -0.3 is 4.74 Å². The van der Waals surface area contributed by atoms with Gasteiger partial charge in [-0.2, -0.15) is 0 Å². The van der Waals surface area contributed by atoms with Crippen LogP contribution in [0, 0.1) is 5.82 Å². The molecule has 0 N–H and O–H groups in total. The largest absolute Gasteiger partial charge is 0.462 e. The maximum Gasteiger partial charge on any atom is 0.340 e. The Morgan fingerprint density at radius 1 is 1.39 bits per heavy atom. The van der Waals surface area contributed by atoms with Gasteiger partial charge in [0.25, 0.3) is 0 Å². The molecule has 0 saturated carbocycles. The Morgan fingerprint density at radius 3 is 2.78 bits per heavy atom. The molecule has 0 saturated heterocycles. The molecule has 5 heteroatoms. The van der Waals surface area contributed by atoms with E-state index in [1.54, 1.807) is 31.5 Å². The Hall–Kier alpha value is -2.30. The highest BCUT2D eigenvalue weighted by atomic mass is 19.1. The average molecular weight is 246 g/mol. The predicted molar refractivity (Wildman–Crippen MR) is 63.4 cm³/mol. The number of rotatable bonds is 3. The molecule has 0 unspecified atom stereocenters. The number of ether oxygens (including phenoxy) is 1. The van der Waals surface area contributed by atoms with Crippen LogP contribution in [0.1, 0.15) is 17.3 Å². The van der Waals surface area contributed by atoms with Gasteiger partial charge in [-0.25, -0.2) is 9.18 Å². The SMILES string of the molecule is CCOC(=O)c1cc(F)cnc1-c1ccncc1. The fraction of sp³-hybridized carbons (Fsp3) is 0.154. The van der Waals surface area contributed by atoms with E-state index in [9.17, 15) is 9.18 Å². The van der Waals surface area contributed by atoms with Crippen molar-refractivity contribution in [2.24, 2.45) is 0 Å². The van der Waals surface area contributed by atoms with Crippen LogP contribution in [0.2, 0.25) is 0 Å². The van der Waals surface area contributed by atoms with Crippen LogP contribution in [0.25, 0.3) is 11.3 Å². The molecule has 4 nitrogen and oxygen atoms in total. The number of halogens is 1. The smallest absolute Gasteiger partial charge is 0.340 e. The van der Waals surface area contributed by atoms with Crippen LogP contribution in [-0.4, -0.2) is 22.5 Å². The predicted octanol–water partition coefficient (Wildman–Crippen LogP) is 2.46. The number of hydrogen-bond donors (Lipinski definition) is 0. The molecule has 0 atom stereocenters. The van der Waals surface area contributed by atoms with Gasteiger partial charge >= 0.3 is 5.97 Å². The molecule has 2 aromatic rings. The molecule has 0 fully saturated rings. The van der Waals surface area contributed by atoms with Gasteiger partial charge in [-0.05, 0) is 25.1 Å². The Kier molecular flexibility index (Phi) is 3.62. The number of carbonyl (C=O) groups excluding carboxylic acids is 1. The summed E-state index contributed by atoms with van der Waals surface area (Å²) in [5.74, 6) is -1.16. The second-order valence-corrected chi connectivity index (χ2v) is 3.51. The zero-order chi connectivity index (χ0) is 13.0. The molecule has 0 aliphatic heterocycles. The zero-order valence-electron chi connectivity index (χ0n) is 9.76. The van der Waals surface area contributed by atoms with E-state index in [0.29, 0.717) is 11.3 Å². The first-order valence-corrected chi connectivity index (χ1v) is 5.45. The van der Waals surface area contributed by atoms with Gasteiger partial charge in [0.2, 0.25) is 0 Å². The second kappa shape index (κ2) is 5.35. The van der Waals surface area contributed by atoms with Crippen molar-refractivity contribution >= 4 is 5.97 Å². The third-order valence-electron chi connectivity index (χ3n) is 2.30. The molecule has 0 bridgehead atoms. The van der Waals surface area contributed by atoms with Crippen LogP contribution < -0.4 is 0 Å². The minimum absolute atomic E-state index is 0.114. The third-order valence-corrected chi connectivity index (χ3v) is 2.30. The molecule has 0 spiro atoms. The van der Waals surface area contributed by atoms with Gasteiger partial charge in [0.05, 0.1) is 24.1 Å². The molecule has 0 aliphatic carbocycles. The van der Waals surface area contributed by atoms with Crippen LogP contribution in [0.3, 0.4) is 0 Å². The van der Waals surface area contributed by atoms with Crippen molar-refractivity contribution < 1.29 is 13.9 Å². The standard InChI is InChI=1S/C13H11FN2O2/c1-2-18-13(17)11-7-10(14)8-16-12(11)9-3-5-15-6-4-9/h3-8H,2H2,1H3. The minimum Gasteiger partial charge on any atom is -0.462 e. The van der Waals surface area contributed by atoms with E-state index in [1.807, 2.05) is 0 Å². The zero-order valence-corrected chi connectivity index (χ0v) is 9.76. The normalized spacial score (nSPS) is 10.1. The lowest BCUT2D eigenvalue weighted by molar-refractivity contribution is 0.0526. The highest BCUT2D eigenvalue weighted by Crippen LogP contribution is 2.22. The van der Waals surface area contributed by atoms with Crippen LogP contribution in [0.5, 0.6) is 0 Å². The molecular formula is C13H11FN2O2. The molecule has 0 amide bonds. The van der Waals surface area contributed by atoms with E-state index in [4.69, 9.17) is 4.74 Å². The summed E-state index contributed by atoms with van der Waals surface area (Å²) >= 11 is 0. The number of pyridine rings is 2. The lowest BCUT2D eigenvalue weighted by Gasteiger charge is -2.07. The third kappa shape index (κ3) is 2.51. The van der Waals surface area contributed by atoms with Gasteiger partial charge in [0.1, 0.15) is 5.82 Å². The number of nitrogens with zero attached hydrogens (tertiary/aromatic N) is 2. The molecule has 0 aromatic carbocycles. The van der Waals surface area contributed by atoms with Crippen molar-refractivity contribution in [1.29, 1.82) is 0 Å². The van der Waals surface area contributed by atoms with Crippen LogP contribution >= 0.6 is 0 Å². The molecule has 0 aliphatic rings. The first-order valence-electron chi connectivity index (χ1n) is 5.45. The molecule has 92 valence electrons. The first kappa shape index (κ1) is 12.2. The van der Waals surface area contributed by atoms with Crippen molar-refractivity contribution in [2.75, 3.05) is 6.61 Å². The molecule has 2 aromatic heterocycles. The molecule has 2 rings (SSSR count). The molecule has 18 heavy (non-hydrogen) atoms. The van der Waals surface area contributed by atoms with Crippen LogP contribution in [0.4, 0.5) is 4.39 Å². The summed E-state index contributed by atoms with van der Waals surface area (Å²) in [6.07, 6.45) is 4.23. The Labute approximate surface area is 103 Å². The van der Waals surface area contributed by atoms with Crippen molar-refractivity contribution in [3.63, 3.8) is 0 Å². The average Bonchev–Trinajstić information content (AvgIpc) is 2.40. The van der Waals surface area contributed by atoms with Crippen molar-refractivity contribution in [2.45, 2.75) is 6.92 Å². The fourth-order valence-corrected chi connectivity index (χ4v) is 1.54. The van der Waals surface area contributed by atoms with E-state index in [2.05, 4.69) is 9.97 Å². The Morgan fingerprint density at radius 2 is 2.11 bits per heavy atom. The topological polar surface area (TPSA) is 52.1 Å². The van der Waals surface area contributed by atoms with Gasteiger partial charge in [-0.1, -0.05) is 0 Å². The van der Waals surface area contributed by atoms with Crippen molar-refractivity contribution in [1.82, 2.24) is 9.97 Å². The van der Waals surface area contributed by atoms with Gasteiger partial charge in [-0.3, -0.25) is 9.97 Å². The van der Waals surface area contributed by atoms with E-state index < -0.39 is 11.8 Å². The van der Waals surface area contributed by atoms with Crippen molar-refractivity contribution in [3.05, 3.63) is 48.2 Å². The summed E-state index contributed by atoms with van der Waals surface area (Å²) in [5, 5.41) is 0. The summed E-state index contributed by atoms with van der Waals surface area (Å²) in [4.78, 5) is 19.6. The number of carbonyl (C=O) groups is 1. The lowest BCUT2D eigenvalue weighted by Crippen LogP contribution is -2.08. The van der Waals surface area contributed by atoms with Crippen molar-refractivity contribution in [3.8, 4) is 11.3 Å². The highest BCUT2D eigenvalue weighted by molar-refractivity contribution is 5.96. The summed E-state index contributed by atoms with van der Waals surface area (Å²) in [5.41, 5.74) is 1.19. The van der Waals surface area contributed by atoms with Gasteiger partial charge in [0, 0.05) is 18.0 Å². The lowest BCUT2D eigenvalue weighted by atomic mass is 10.1. The molecular weight excluding hydrogens is 235 g/mol. The van der Waals surface area contributed by atoms with E-state index in [0.717, 1.165) is 12.3 Å². The van der Waals surface area contributed by atoms with E-state index in [1.165, 1.54) is 0 Å². The maximum absolute atomic E-state index is 13.2. The maximum atomic E-state index is 13.2. The van der Waals surface area contributed by atoms with E-state index in [-0.39, 0.29) is 12.2 Å². The Balaban J connectivity index is 2.51. The summed E-state index contributed by atoms with van der Waals surface area (Å²) in [7, 11) is 0. The van der Waals surface area contributed by atoms with Gasteiger partial charge in [-0.15, -0.1) is 0 Å². The van der Waals surface area contributed by atoms with Gasteiger partial charge in [0.15, 0.2) is 0 Å². The first-order chi connectivity index (χ1) is 8.72. The number of aromatic nitrogens is 2. The summed E-state index contributed by atoms with van der Waals surface area (Å²) in [6, 6.07) is 4.52. The summed E-state index contributed by atoms with van der Waals surface area (Å²) in [6.45, 7) is 1.92. The number of hydrogen-bond acceptors (Lipinski definition) is 4. The van der Waals surface area contributed by atoms with Crippen LogP contribution in [-0.2, 0) is 4.74 Å². The highest BCUT2D eigenvalue weighted by Gasteiger charge is 2.16. The summed E-state index contributed by atoms with van der Waals surface area (Å²) < 4.78 is 18.1. The minimum atomic E-state index is -0.587. The second-order valence-electron chi connectivity index (χ2n) is 3.51. The molecule has 2 heterocycles. The Bertz CT molecular complexity index is 558. The monoisotopic (exact) mass is 246 g/mol. The number of esters is 1. The van der Waals surface area contributed by atoms with Crippen LogP contribution in [0.15, 0.2) is 36.8 Å².